The molecule has 1 rings (SSSR count). The molecule has 1 aliphatic carbocycles. The molecule has 78 valence electrons. The van der Waals surface area contributed by atoms with E-state index in [1.165, 1.54) is 32.2 Å². The van der Waals surface area contributed by atoms with Crippen molar-refractivity contribution in [3.63, 3.8) is 0 Å². The van der Waals surface area contributed by atoms with Gasteiger partial charge in [0.15, 0.2) is 0 Å². The molecule has 0 spiro atoms. The fourth-order valence-corrected chi connectivity index (χ4v) is 2.34. The lowest BCUT2D eigenvalue weighted by molar-refractivity contribution is 0.317. The Morgan fingerprint density at radius 1 is 1.31 bits per heavy atom. The van der Waals surface area contributed by atoms with Crippen LogP contribution in [0.3, 0.4) is 0 Å². The van der Waals surface area contributed by atoms with E-state index >= 15 is 0 Å². The molecule has 2 unspecified atom stereocenters. The van der Waals surface area contributed by atoms with Crippen LogP contribution in [0, 0.1) is 5.92 Å². The van der Waals surface area contributed by atoms with E-state index in [-0.39, 0.29) is 0 Å². The second kappa shape index (κ2) is 5.61. The molecule has 2 atom stereocenters. The van der Waals surface area contributed by atoms with Crippen molar-refractivity contribution < 1.29 is 0 Å². The maximum Gasteiger partial charge on any atom is 0.00956 e. The summed E-state index contributed by atoms with van der Waals surface area (Å²) in [4.78, 5) is 2.29. The molecule has 0 aromatic rings. The van der Waals surface area contributed by atoms with Gasteiger partial charge in [-0.15, -0.1) is 0 Å². The Labute approximate surface area is 82.7 Å². The van der Waals surface area contributed by atoms with Crippen molar-refractivity contribution in [1.29, 1.82) is 0 Å². The summed E-state index contributed by atoms with van der Waals surface area (Å²) in [5.74, 6) is 0.933. The molecule has 0 aromatic heterocycles. The van der Waals surface area contributed by atoms with Crippen LogP contribution in [-0.2, 0) is 0 Å². The third kappa shape index (κ3) is 3.65. The second-order valence-electron chi connectivity index (χ2n) is 4.45. The van der Waals surface area contributed by atoms with E-state index in [4.69, 9.17) is 0 Å². The van der Waals surface area contributed by atoms with Crippen molar-refractivity contribution >= 4 is 0 Å². The highest BCUT2D eigenvalue weighted by Crippen LogP contribution is 2.28. The van der Waals surface area contributed by atoms with Gasteiger partial charge in [-0.25, -0.2) is 0 Å². The molecule has 1 fully saturated rings. The van der Waals surface area contributed by atoms with Crippen LogP contribution in [0.15, 0.2) is 0 Å². The fourth-order valence-electron chi connectivity index (χ4n) is 2.34. The van der Waals surface area contributed by atoms with Crippen LogP contribution in [0.4, 0.5) is 0 Å². The van der Waals surface area contributed by atoms with Crippen molar-refractivity contribution in [1.82, 2.24) is 10.2 Å². The zero-order valence-corrected chi connectivity index (χ0v) is 9.34. The highest BCUT2D eigenvalue weighted by Gasteiger charge is 2.25. The predicted molar refractivity (Wildman–Crippen MR) is 58.0 cm³/mol. The van der Waals surface area contributed by atoms with E-state index in [0.717, 1.165) is 18.5 Å². The van der Waals surface area contributed by atoms with Crippen LogP contribution in [0.1, 0.15) is 32.6 Å². The van der Waals surface area contributed by atoms with Gasteiger partial charge < -0.3 is 10.2 Å². The van der Waals surface area contributed by atoms with Crippen molar-refractivity contribution in [2.75, 3.05) is 27.2 Å². The number of rotatable bonds is 5. The maximum atomic E-state index is 3.60. The molecule has 0 bridgehead atoms. The normalized spacial score (nSPS) is 28.6. The van der Waals surface area contributed by atoms with Crippen LogP contribution >= 0.6 is 0 Å². The molecular formula is C11H24N2. The average Bonchev–Trinajstić information content (AvgIpc) is 2.49. The molecule has 0 radical (unpaired) electrons. The van der Waals surface area contributed by atoms with E-state index in [0.29, 0.717) is 0 Å². The molecule has 1 aliphatic rings. The first-order valence-corrected chi connectivity index (χ1v) is 5.62. The topological polar surface area (TPSA) is 15.3 Å². The minimum Gasteiger partial charge on any atom is -0.314 e. The first kappa shape index (κ1) is 11.0. The summed E-state index contributed by atoms with van der Waals surface area (Å²) in [7, 11) is 4.33. The van der Waals surface area contributed by atoms with Crippen LogP contribution in [0.25, 0.3) is 0 Å². The molecule has 1 N–H and O–H groups in total. The molecule has 1 saturated carbocycles. The Morgan fingerprint density at radius 3 is 2.69 bits per heavy atom. The summed E-state index contributed by atoms with van der Waals surface area (Å²) in [6.07, 6.45) is 5.62. The van der Waals surface area contributed by atoms with Crippen LogP contribution in [0.5, 0.6) is 0 Å². The van der Waals surface area contributed by atoms with Gasteiger partial charge in [0.2, 0.25) is 0 Å². The van der Waals surface area contributed by atoms with Crippen molar-refractivity contribution in [3.05, 3.63) is 0 Å². The minimum atomic E-state index is 0.810. The third-order valence-corrected chi connectivity index (χ3v) is 3.07. The molecular weight excluding hydrogens is 160 g/mol. The van der Waals surface area contributed by atoms with Crippen LogP contribution in [0.2, 0.25) is 0 Å². The van der Waals surface area contributed by atoms with E-state index in [2.05, 4.69) is 31.2 Å². The third-order valence-electron chi connectivity index (χ3n) is 3.07. The molecule has 13 heavy (non-hydrogen) atoms. The SMILES string of the molecule is CCNC1CCCC1CCN(C)C. The Hall–Kier alpha value is -0.0800. The minimum absolute atomic E-state index is 0.810. The highest BCUT2D eigenvalue weighted by molar-refractivity contribution is 4.82. The maximum absolute atomic E-state index is 3.60. The first-order valence-electron chi connectivity index (χ1n) is 5.62. The second-order valence-corrected chi connectivity index (χ2v) is 4.45. The molecule has 0 amide bonds. The molecule has 2 nitrogen and oxygen atoms in total. The van der Waals surface area contributed by atoms with Gasteiger partial charge in [0.1, 0.15) is 0 Å². The van der Waals surface area contributed by atoms with E-state index in [1.54, 1.807) is 0 Å². The summed E-state index contributed by atoms with van der Waals surface area (Å²) in [5, 5.41) is 3.60. The molecule has 0 heterocycles. The number of hydrogen-bond acceptors (Lipinski definition) is 2. The van der Waals surface area contributed by atoms with Crippen LogP contribution in [-0.4, -0.2) is 38.1 Å². The van der Waals surface area contributed by atoms with Crippen molar-refractivity contribution in [2.45, 2.75) is 38.6 Å². The van der Waals surface area contributed by atoms with Crippen molar-refractivity contribution in [3.8, 4) is 0 Å². The molecule has 0 aliphatic heterocycles. The highest BCUT2D eigenvalue weighted by atomic mass is 15.0. The van der Waals surface area contributed by atoms with Gasteiger partial charge in [0.05, 0.1) is 0 Å². The van der Waals surface area contributed by atoms with E-state index in [1.807, 2.05) is 0 Å². The van der Waals surface area contributed by atoms with Crippen LogP contribution < -0.4 is 5.32 Å². The first-order chi connectivity index (χ1) is 6.24. The van der Waals surface area contributed by atoms with Gasteiger partial charge in [0.25, 0.3) is 0 Å². The molecule has 0 saturated heterocycles. The zero-order chi connectivity index (χ0) is 9.68. The molecule has 0 aromatic carbocycles. The summed E-state index contributed by atoms with van der Waals surface area (Å²) >= 11 is 0. The lowest BCUT2D eigenvalue weighted by atomic mass is 9.99. The Bertz CT molecular complexity index is 134. The lowest BCUT2D eigenvalue weighted by Gasteiger charge is -2.21. The Morgan fingerprint density at radius 2 is 2.08 bits per heavy atom. The van der Waals surface area contributed by atoms with Gasteiger partial charge in [0, 0.05) is 6.04 Å². The fraction of sp³-hybridized carbons (Fsp3) is 1.00. The summed E-state index contributed by atoms with van der Waals surface area (Å²) in [6, 6.07) is 0.810. The van der Waals surface area contributed by atoms with Gasteiger partial charge in [-0.2, -0.15) is 0 Å². The summed E-state index contributed by atoms with van der Waals surface area (Å²) < 4.78 is 0. The van der Waals surface area contributed by atoms with Crippen molar-refractivity contribution in [2.24, 2.45) is 5.92 Å². The molecule has 2 heteroatoms. The van der Waals surface area contributed by atoms with Gasteiger partial charge in [-0.1, -0.05) is 13.3 Å². The monoisotopic (exact) mass is 184 g/mol. The predicted octanol–water partition coefficient (Wildman–Crippen LogP) is 1.72. The van der Waals surface area contributed by atoms with E-state index in [9.17, 15) is 0 Å². The largest absolute Gasteiger partial charge is 0.314 e. The number of nitrogens with zero attached hydrogens (tertiary/aromatic N) is 1. The average molecular weight is 184 g/mol. The van der Waals surface area contributed by atoms with Gasteiger partial charge >= 0.3 is 0 Å². The number of nitrogens with one attached hydrogen (secondary N) is 1. The summed E-state index contributed by atoms with van der Waals surface area (Å²) in [5.41, 5.74) is 0. The lowest BCUT2D eigenvalue weighted by Crippen LogP contribution is -2.33. The standard InChI is InChI=1S/C11H24N2/c1-4-12-11-7-5-6-10(11)8-9-13(2)3/h10-12H,4-9H2,1-3H3. The van der Waals surface area contributed by atoms with Gasteiger partial charge in [-0.05, 0) is 52.4 Å². The Balaban J connectivity index is 2.22. The van der Waals surface area contributed by atoms with Gasteiger partial charge in [-0.3, -0.25) is 0 Å². The Kier molecular flexibility index (Phi) is 4.74. The smallest absolute Gasteiger partial charge is 0.00956 e. The summed E-state index contributed by atoms with van der Waals surface area (Å²) in [6.45, 7) is 4.58. The number of hydrogen-bond donors (Lipinski definition) is 1. The zero-order valence-electron chi connectivity index (χ0n) is 9.34. The quantitative estimate of drug-likeness (QED) is 0.700. The van der Waals surface area contributed by atoms with E-state index < -0.39 is 0 Å².